The SMILES string of the molecule is Cc1ccc(C(=O)Nc2cnn(Cc3cccc(Cl)c3)c2)cc1. The lowest BCUT2D eigenvalue weighted by molar-refractivity contribution is 0.102. The van der Waals surface area contributed by atoms with Gasteiger partial charge in [-0.05, 0) is 36.8 Å². The van der Waals surface area contributed by atoms with Gasteiger partial charge in [0.05, 0.1) is 18.4 Å². The lowest BCUT2D eigenvalue weighted by Crippen LogP contribution is -2.11. The average molecular weight is 326 g/mol. The highest BCUT2D eigenvalue weighted by Gasteiger charge is 2.07. The van der Waals surface area contributed by atoms with Gasteiger partial charge in [0.2, 0.25) is 0 Å². The van der Waals surface area contributed by atoms with E-state index in [1.165, 1.54) is 0 Å². The van der Waals surface area contributed by atoms with Gasteiger partial charge >= 0.3 is 0 Å². The van der Waals surface area contributed by atoms with E-state index in [1.54, 1.807) is 29.2 Å². The molecule has 0 atom stereocenters. The Hall–Kier alpha value is -2.59. The second-order valence-corrected chi connectivity index (χ2v) is 5.81. The number of hydrogen-bond acceptors (Lipinski definition) is 2. The van der Waals surface area contributed by atoms with Gasteiger partial charge in [-0.2, -0.15) is 5.10 Å². The highest BCUT2D eigenvalue weighted by atomic mass is 35.5. The number of benzene rings is 2. The van der Waals surface area contributed by atoms with Gasteiger partial charge in [0.1, 0.15) is 0 Å². The topological polar surface area (TPSA) is 46.9 Å². The van der Waals surface area contributed by atoms with Crippen molar-refractivity contribution < 1.29 is 4.79 Å². The summed E-state index contributed by atoms with van der Waals surface area (Å²) in [6.07, 6.45) is 3.43. The molecule has 0 unspecified atom stereocenters. The molecule has 0 spiro atoms. The number of nitrogens with one attached hydrogen (secondary N) is 1. The zero-order chi connectivity index (χ0) is 16.2. The van der Waals surface area contributed by atoms with Crippen molar-refractivity contribution in [3.63, 3.8) is 0 Å². The molecular weight excluding hydrogens is 310 g/mol. The third-order valence-electron chi connectivity index (χ3n) is 3.44. The summed E-state index contributed by atoms with van der Waals surface area (Å²) in [5.41, 5.74) is 3.46. The van der Waals surface area contributed by atoms with E-state index in [0.717, 1.165) is 11.1 Å². The molecule has 1 N–H and O–H groups in total. The maximum Gasteiger partial charge on any atom is 0.255 e. The number of carbonyl (C=O) groups is 1. The third-order valence-corrected chi connectivity index (χ3v) is 3.67. The van der Waals surface area contributed by atoms with Gasteiger partial charge in [0.15, 0.2) is 0 Å². The summed E-state index contributed by atoms with van der Waals surface area (Å²) in [5, 5.41) is 7.80. The highest BCUT2D eigenvalue weighted by molar-refractivity contribution is 6.30. The normalized spacial score (nSPS) is 10.5. The molecule has 3 rings (SSSR count). The van der Waals surface area contributed by atoms with E-state index in [0.29, 0.717) is 22.8 Å². The molecule has 0 fully saturated rings. The molecule has 0 aliphatic rings. The Morgan fingerprint density at radius 1 is 1.22 bits per heavy atom. The molecule has 0 radical (unpaired) electrons. The first-order valence-corrected chi connectivity index (χ1v) is 7.63. The standard InChI is InChI=1S/C18H16ClN3O/c1-13-5-7-15(8-6-13)18(23)21-17-10-20-22(12-17)11-14-3-2-4-16(19)9-14/h2-10,12H,11H2,1H3,(H,21,23). The Labute approximate surface area is 139 Å². The van der Waals surface area contributed by atoms with Crippen LogP contribution in [0.3, 0.4) is 0 Å². The summed E-state index contributed by atoms with van der Waals surface area (Å²) >= 11 is 5.98. The van der Waals surface area contributed by atoms with Gasteiger partial charge in [-0.1, -0.05) is 41.4 Å². The molecule has 0 aliphatic heterocycles. The van der Waals surface area contributed by atoms with E-state index < -0.39 is 0 Å². The first kappa shape index (κ1) is 15.3. The van der Waals surface area contributed by atoms with Crippen LogP contribution in [0.25, 0.3) is 0 Å². The van der Waals surface area contributed by atoms with Crippen LogP contribution in [-0.2, 0) is 6.54 Å². The molecular formula is C18H16ClN3O. The smallest absolute Gasteiger partial charge is 0.255 e. The van der Waals surface area contributed by atoms with E-state index in [2.05, 4.69) is 10.4 Å². The average Bonchev–Trinajstić information content (AvgIpc) is 2.95. The zero-order valence-electron chi connectivity index (χ0n) is 12.7. The van der Waals surface area contributed by atoms with Crippen molar-refractivity contribution in [1.29, 1.82) is 0 Å². The number of aromatic nitrogens is 2. The van der Waals surface area contributed by atoms with Crippen molar-refractivity contribution >= 4 is 23.2 Å². The third kappa shape index (κ3) is 3.99. The Bertz CT molecular complexity index is 824. The Morgan fingerprint density at radius 2 is 2.00 bits per heavy atom. The fraction of sp³-hybridized carbons (Fsp3) is 0.111. The number of carbonyl (C=O) groups excluding carboxylic acids is 1. The van der Waals surface area contributed by atoms with Crippen molar-refractivity contribution in [3.05, 3.63) is 82.6 Å². The number of rotatable bonds is 4. The predicted octanol–water partition coefficient (Wildman–Crippen LogP) is 4.15. The van der Waals surface area contributed by atoms with Crippen LogP contribution in [0.15, 0.2) is 60.9 Å². The monoisotopic (exact) mass is 325 g/mol. The molecule has 1 heterocycles. The van der Waals surface area contributed by atoms with Crippen molar-refractivity contribution in [2.75, 3.05) is 5.32 Å². The molecule has 2 aromatic carbocycles. The largest absolute Gasteiger partial charge is 0.319 e. The van der Waals surface area contributed by atoms with E-state index >= 15 is 0 Å². The van der Waals surface area contributed by atoms with Gasteiger partial charge in [-0.15, -0.1) is 0 Å². The van der Waals surface area contributed by atoms with E-state index in [-0.39, 0.29) is 5.91 Å². The van der Waals surface area contributed by atoms with Crippen LogP contribution in [0.1, 0.15) is 21.5 Å². The van der Waals surface area contributed by atoms with Crippen LogP contribution >= 0.6 is 11.6 Å². The van der Waals surface area contributed by atoms with Crippen LogP contribution < -0.4 is 5.32 Å². The zero-order valence-corrected chi connectivity index (χ0v) is 13.4. The Morgan fingerprint density at radius 3 is 2.74 bits per heavy atom. The lowest BCUT2D eigenvalue weighted by Gasteiger charge is -2.03. The number of halogens is 1. The van der Waals surface area contributed by atoms with Gasteiger partial charge in [-0.3, -0.25) is 9.48 Å². The van der Waals surface area contributed by atoms with Gasteiger partial charge < -0.3 is 5.32 Å². The quantitative estimate of drug-likeness (QED) is 0.783. The second-order valence-electron chi connectivity index (χ2n) is 5.38. The molecule has 23 heavy (non-hydrogen) atoms. The summed E-state index contributed by atoms with van der Waals surface area (Å²) < 4.78 is 1.76. The fourth-order valence-corrected chi connectivity index (χ4v) is 2.46. The van der Waals surface area contributed by atoms with Crippen molar-refractivity contribution in [2.45, 2.75) is 13.5 Å². The number of nitrogens with zero attached hydrogens (tertiary/aromatic N) is 2. The molecule has 3 aromatic rings. The van der Waals surface area contributed by atoms with E-state index in [4.69, 9.17) is 11.6 Å². The maximum absolute atomic E-state index is 12.2. The molecule has 1 aromatic heterocycles. The first-order chi connectivity index (χ1) is 11.1. The molecule has 1 amide bonds. The summed E-state index contributed by atoms with van der Waals surface area (Å²) in [4.78, 5) is 12.2. The summed E-state index contributed by atoms with van der Waals surface area (Å²) in [7, 11) is 0. The predicted molar refractivity (Wildman–Crippen MR) is 91.9 cm³/mol. The first-order valence-electron chi connectivity index (χ1n) is 7.25. The van der Waals surface area contributed by atoms with Crippen molar-refractivity contribution in [2.24, 2.45) is 0 Å². The number of aryl methyl sites for hydroxylation is 1. The number of amides is 1. The molecule has 0 bridgehead atoms. The molecule has 116 valence electrons. The van der Waals surface area contributed by atoms with Gasteiger partial charge in [-0.25, -0.2) is 0 Å². The highest BCUT2D eigenvalue weighted by Crippen LogP contribution is 2.14. The fourth-order valence-electron chi connectivity index (χ4n) is 2.25. The number of hydrogen-bond donors (Lipinski definition) is 1. The maximum atomic E-state index is 12.2. The van der Waals surface area contributed by atoms with Gasteiger partial charge in [0.25, 0.3) is 5.91 Å². The van der Waals surface area contributed by atoms with Gasteiger partial charge in [0, 0.05) is 16.8 Å². The summed E-state index contributed by atoms with van der Waals surface area (Å²) in [5.74, 6) is -0.146. The van der Waals surface area contributed by atoms with E-state index in [9.17, 15) is 4.79 Å². The summed E-state index contributed by atoms with van der Waals surface area (Å²) in [6, 6.07) is 15.1. The second kappa shape index (κ2) is 6.67. The minimum atomic E-state index is -0.146. The number of anilines is 1. The Kier molecular flexibility index (Phi) is 4.44. The molecule has 0 saturated carbocycles. The summed E-state index contributed by atoms with van der Waals surface area (Å²) in [6.45, 7) is 2.59. The van der Waals surface area contributed by atoms with Crippen LogP contribution in [0.4, 0.5) is 5.69 Å². The molecule has 0 saturated heterocycles. The molecule has 0 aliphatic carbocycles. The van der Waals surface area contributed by atoms with Crippen LogP contribution in [-0.4, -0.2) is 15.7 Å². The lowest BCUT2D eigenvalue weighted by atomic mass is 10.1. The minimum Gasteiger partial charge on any atom is -0.319 e. The van der Waals surface area contributed by atoms with Crippen LogP contribution in [0.2, 0.25) is 5.02 Å². The molecule has 5 heteroatoms. The minimum absolute atomic E-state index is 0.146. The van der Waals surface area contributed by atoms with Crippen LogP contribution in [0.5, 0.6) is 0 Å². The van der Waals surface area contributed by atoms with Crippen molar-refractivity contribution in [3.8, 4) is 0 Å². The van der Waals surface area contributed by atoms with Crippen molar-refractivity contribution in [1.82, 2.24) is 9.78 Å². The van der Waals surface area contributed by atoms with Crippen LogP contribution in [0, 0.1) is 6.92 Å². The Balaban J connectivity index is 1.67. The van der Waals surface area contributed by atoms with E-state index in [1.807, 2.05) is 43.3 Å². The molecule has 4 nitrogen and oxygen atoms in total.